The van der Waals surface area contributed by atoms with Gasteiger partial charge in [0.15, 0.2) is 0 Å². The largest absolute Gasteiger partial charge is 0.341 e. The average molecular weight is 258 g/mol. The van der Waals surface area contributed by atoms with Crippen molar-refractivity contribution < 1.29 is 4.79 Å². The molecule has 0 spiro atoms. The van der Waals surface area contributed by atoms with Crippen LogP contribution in [0.25, 0.3) is 0 Å². The van der Waals surface area contributed by atoms with Crippen molar-refractivity contribution in [3.63, 3.8) is 0 Å². The molecule has 2 atom stereocenters. The molecule has 0 radical (unpaired) electrons. The lowest BCUT2D eigenvalue weighted by atomic mass is 10.2. The number of carbonyl (C=O) groups excluding carboxylic acids is 1. The van der Waals surface area contributed by atoms with Gasteiger partial charge in [-0.15, -0.1) is 0 Å². The molecule has 3 nitrogen and oxygen atoms in total. The first-order valence-corrected chi connectivity index (χ1v) is 7.60. The fraction of sp³-hybridized carbons (Fsp3) is 0.923. The molecular weight excluding hydrogens is 232 g/mol. The van der Waals surface area contributed by atoms with E-state index in [0.717, 1.165) is 26.1 Å². The molecule has 0 aliphatic carbocycles. The predicted molar refractivity (Wildman–Crippen MR) is 75.5 cm³/mol. The summed E-state index contributed by atoms with van der Waals surface area (Å²) in [6.45, 7) is 11.5. The van der Waals surface area contributed by atoms with E-state index in [9.17, 15) is 4.79 Å². The number of nitrogens with one attached hydrogen (secondary N) is 1. The third-order valence-corrected chi connectivity index (χ3v) is 4.12. The minimum Gasteiger partial charge on any atom is -0.341 e. The van der Waals surface area contributed by atoms with Gasteiger partial charge in [-0.05, 0) is 13.0 Å². The molecule has 0 aromatic heterocycles. The van der Waals surface area contributed by atoms with Crippen LogP contribution in [-0.4, -0.2) is 47.0 Å². The lowest BCUT2D eigenvalue weighted by molar-refractivity contribution is -0.131. The van der Waals surface area contributed by atoms with Gasteiger partial charge in [0.05, 0.1) is 0 Å². The lowest BCUT2D eigenvalue weighted by Gasteiger charge is -2.34. The van der Waals surface area contributed by atoms with Crippen molar-refractivity contribution in [2.75, 3.05) is 19.6 Å². The van der Waals surface area contributed by atoms with Gasteiger partial charge in [-0.1, -0.05) is 27.7 Å². The smallest absolute Gasteiger partial charge is 0.222 e. The van der Waals surface area contributed by atoms with E-state index < -0.39 is 0 Å². The predicted octanol–water partition coefficient (Wildman–Crippen LogP) is 2.12. The number of carbonyl (C=O) groups is 1. The molecule has 1 amide bonds. The Morgan fingerprint density at radius 3 is 2.47 bits per heavy atom. The SMILES string of the molecule is CC(C)NCCCC(=O)N1CC(C)SC(C)C1. The third kappa shape index (κ3) is 5.77. The second kappa shape index (κ2) is 7.27. The van der Waals surface area contributed by atoms with Gasteiger partial charge < -0.3 is 10.2 Å². The molecule has 1 saturated heterocycles. The van der Waals surface area contributed by atoms with Gasteiger partial charge in [0.25, 0.3) is 0 Å². The number of rotatable bonds is 5. The molecule has 1 aliphatic heterocycles. The van der Waals surface area contributed by atoms with Crippen LogP contribution in [0.2, 0.25) is 0 Å². The topological polar surface area (TPSA) is 32.3 Å². The Kier molecular flexibility index (Phi) is 6.34. The first-order valence-electron chi connectivity index (χ1n) is 6.65. The third-order valence-electron chi connectivity index (χ3n) is 2.89. The standard InChI is InChI=1S/C13H26N2OS/c1-10(2)14-7-5-6-13(16)15-8-11(3)17-12(4)9-15/h10-12,14H,5-9H2,1-4H3. The second-order valence-corrected chi connectivity index (χ2v) is 7.15. The van der Waals surface area contributed by atoms with Crippen LogP contribution >= 0.6 is 11.8 Å². The Labute approximate surface area is 110 Å². The highest BCUT2D eigenvalue weighted by Gasteiger charge is 2.25. The number of thioether (sulfide) groups is 1. The Morgan fingerprint density at radius 2 is 1.94 bits per heavy atom. The highest BCUT2D eigenvalue weighted by atomic mass is 32.2. The monoisotopic (exact) mass is 258 g/mol. The first-order chi connectivity index (χ1) is 7.99. The van der Waals surface area contributed by atoms with Crippen LogP contribution in [0, 0.1) is 0 Å². The summed E-state index contributed by atoms with van der Waals surface area (Å²) in [4.78, 5) is 14.1. The molecule has 0 aromatic rings. The van der Waals surface area contributed by atoms with Crippen LogP contribution in [0.5, 0.6) is 0 Å². The fourth-order valence-corrected chi connectivity index (χ4v) is 3.50. The highest BCUT2D eigenvalue weighted by molar-refractivity contribution is 8.00. The van der Waals surface area contributed by atoms with Crippen molar-refractivity contribution in [2.45, 2.75) is 57.1 Å². The summed E-state index contributed by atoms with van der Waals surface area (Å²) in [5, 5.41) is 4.51. The van der Waals surface area contributed by atoms with E-state index in [0.29, 0.717) is 28.9 Å². The molecule has 0 aromatic carbocycles. The van der Waals surface area contributed by atoms with Crippen molar-refractivity contribution in [3.8, 4) is 0 Å². The molecule has 4 heteroatoms. The molecule has 2 unspecified atom stereocenters. The van der Waals surface area contributed by atoms with Gasteiger partial charge in [0.1, 0.15) is 0 Å². The first kappa shape index (κ1) is 14.8. The molecule has 100 valence electrons. The molecule has 1 heterocycles. The van der Waals surface area contributed by atoms with Crippen LogP contribution in [0.15, 0.2) is 0 Å². The minimum atomic E-state index is 0.328. The summed E-state index contributed by atoms with van der Waals surface area (Å²) in [7, 11) is 0. The maximum atomic E-state index is 12.0. The fourth-order valence-electron chi connectivity index (χ4n) is 2.17. The van der Waals surface area contributed by atoms with Crippen LogP contribution in [0.3, 0.4) is 0 Å². The summed E-state index contributed by atoms with van der Waals surface area (Å²) in [5.41, 5.74) is 0. The minimum absolute atomic E-state index is 0.328. The molecule has 1 rings (SSSR count). The zero-order chi connectivity index (χ0) is 12.8. The van der Waals surface area contributed by atoms with E-state index in [1.165, 1.54) is 0 Å². The number of nitrogens with zero attached hydrogens (tertiary/aromatic N) is 1. The van der Waals surface area contributed by atoms with Gasteiger partial charge in [-0.25, -0.2) is 0 Å². The maximum Gasteiger partial charge on any atom is 0.222 e. The van der Waals surface area contributed by atoms with E-state index in [4.69, 9.17) is 0 Å². The summed E-state index contributed by atoms with van der Waals surface area (Å²) in [6, 6.07) is 0.511. The lowest BCUT2D eigenvalue weighted by Crippen LogP contribution is -2.44. The Balaban J connectivity index is 2.22. The van der Waals surface area contributed by atoms with E-state index in [2.05, 4.69) is 33.0 Å². The molecule has 17 heavy (non-hydrogen) atoms. The van der Waals surface area contributed by atoms with E-state index in [1.54, 1.807) is 0 Å². The number of amides is 1. The molecule has 1 aliphatic rings. The number of hydrogen-bond donors (Lipinski definition) is 1. The molecular formula is C13H26N2OS. The van der Waals surface area contributed by atoms with Crippen molar-refractivity contribution >= 4 is 17.7 Å². The Hall–Kier alpha value is -0.220. The van der Waals surface area contributed by atoms with E-state index >= 15 is 0 Å². The van der Waals surface area contributed by atoms with Crippen molar-refractivity contribution in [1.82, 2.24) is 10.2 Å². The summed E-state index contributed by atoms with van der Waals surface area (Å²) < 4.78 is 0. The van der Waals surface area contributed by atoms with E-state index in [-0.39, 0.29) is 0 Å². The van der Waals surface area contributed by atoms with Crippen molar-refractivity contribution in [1.29, 1.82) is 0 Å². The molecule has 1 N–H and O–H groups in total. The quantitative estimate of drug-likeness (QED) is 0.767. The van der Waals surface area contributed by atoms with Gasteiger partial charge in [-0.2, -0.15) is 11.8 Å². The van der Waals surface area contributed by atoms with Crippen LogP contribution < -0.4 is 5.32 Å². The number of hydrogen-bond acceptors (Lipinski definition) is 3. The summed E-state index contributed by atoms with van der Waals surface area (Å²) in [5.74, 6) is 0.328. The highest BCUT2D eigenvalue weighted by Crippen LogP contribution is 2.25. The van der Waals surface area contributed by atoms with Gasteiger partial charge in [0.2, 0.25) is 5.91 Å². The second-order valence-electron chi connectivity index (χ2n) is 5.27. The molecule has 0 saturated carbocycles. The van der Waals surface area contributed by atoms with Crippen LogP contribution in [-0.2, 0) is 4.79 Å². The van der Waals surface area contributed by atoms with Gasteiger partial charge in [-0.3, -0.25) is 4.79 Å². The van der Waals surface area contributed by atoms with Crippen molar-refractivity contribution in [3.05, 3.63) is 0 Å². The van der Waals surface area contributed by atoms with Crippen molar-refractivity contribution in [2.24, 2.45) is 0 Å². The van der Waals surface area contributed by atoms with E-state index in [1.807, 2.05) is 16.7 Å². The average Bonchev–Trinajstić information content (AvgIpc) is 2.22. The Morgan fingerprint density at radius 1 is 1.35 bits per heavy atom. The Bertz CT molecular complexity index is 236. The molecule has 1 fully saturated rings. The summed E-state index contributed by atoms with van der Waals surface area (Å²) in [6.07, 6.45) is 1.63. The van der Waals surface area contributed by atoms with Gasteiger partial charge in [0, 0.05) is 36.1 Å². The van der Waals surface area contributed by atoms with Gasteiger partial charge >= 0.3 is 0 Å². The normalized spacial score (nSPS) is 25.4. The van der Waals surface area contributed by atoms with Crippen LogP contribution in [0.4, 0.5) is 0 Å². The summed E-state index contributed by atoms with van der Waals surface area (Å²) >= 11 is 1.99. The van der Waals surface area contributed by atoms with Crippen LogP contribution in [0.1, 0.15) is 40.5 Å². The zero-order valence-corrected chi connectivity index (χ0v) is 12.3. The zero-order valence-electron chi connectivity index (χ0n) is 11.5. The molecule has 0 bridgehead atoms. The maximum absolute atomic E-state index is 12.0.